The summed E-state index contributed by atoms with van der Waals surface area (Å²) >= 11 is 0. The molecule has 4 heterocycles. The van der Waals surface area contributed by atoms with E-state index in [0.29, 0.717) is 0 Å². The molecule has 3 N–H and O–H groups in total. The highest BCUT2D eigenvalue weighted by molar-refractivity contribution is 5.52. The van der Waals surface area contributed by atoms with Gasteiger partial charge in [0.25, 0.3) is 0 Å². The molecule has 6 unspecified atom stereocenters. The van der Waals surface area contributed by atoms with Crippen LogP contribution in [-0.2, 0) is 0 Å². The minimum absolute atomic E-state index is 0.276. The summed E-state index contributed by atoms with van der Waals surface area (Å²) < 4.78 is 0. The standard InChI is InChI=1S/C33H42N6/c1-4-13-25(14-5-1)37-28-19-10-21-30(34-28)38(26-15-6-2-7-16-26)32-23-12-24-33(36-32)39(27-17-8-3-9-18-27)31-22-11-20-29(37)35-31/h1-9,13-18,28-36H,10-12,19-24H2. The first-order valence-electron chi connectivity index (χ1n) is 15.1. The Kier molecular flexibility index (Phi) is 7.16. The third kappa shape index (κ3) is 5.02. The molecule has 6 nitrogen and oxygen atoms in total. The fourth-order valence-electron chi connectivity index (χ4n) is 7.53. The zero-order valence-corrected chi connectivity index (χ0v) is 22.8. The highest BCUT2D eigenvalue weighted by Gasteiger charge is 2.42. The highest BCUT2D eigenvalue weighted by atomic mass is 15.5. The van der Waals surface area contributed by atoms with Crippen molar-refractivity contribution in [1.29, 1.82) is 0 Å². The molecular weight excluding hydrogens is 480 g/mol. The van der Waals surface area contributed by atoms with Gasteiger partial charge in [-0.2, -0.15) is 0 Å². The Morgan fingerprint density at radius 1 is 0.359 bits per heavy atom. The second-order valence-corrected chi connectivity index (χ2v) is 11.6. The Bertz CT molecular complexity index is 1010. The zero-order chi connectivity index (χ0) is 26.0. The predicted octanol–water partition coefficient (Wildman–Crippen LogP) is 5.80. The van der Waals surface area contributed by atoms with Gasteiger partial charge in [0.15, 0.2) is 0 Å². The monoisotopic (exact) mass is 522 g/mol. The highest BCUT2D eigenvalue weighted by Crippen LogP contribution is 2.35. The first-order valence-corrected chi connectivity index (χ1v) is 15.1. The molecule has 3 aromatic carbocycles. The lowest BCUT2D eigenvalue weighted by molar-refractivity contribution is 0.186. The van der Waals surface area contributed by atoms with Gasteiger partial charge in [0.2, 0.25) is 0 Å². The molecule has 0 aliphatic carbocycles. The lowest BCUT2D eigenvalue weighted by Gasteiger charge is -2.55. The van der Waals surface area contributed by atoms with Gasteiger partial charge in [-0.3, -0.25) is 16.0 Å². The lowest BCUT2D eigenvalue weighted by Crippen LogP contribution is -2.72. The molecule has 6 heteroatoms. The number of rotatable bonds is 3. The van der Waals surface area contributed by atoms with Crippen molar-refractivity contribution in [3.8, 4) is 0 Å². The van der Waals surface area contributed by atoms with Crippen molar-refractivity contribution >= 4 is 17.1 Å². The third-order valence-electron chi connectivity index (χ3n) is 9.20. The summed E-state index contributed by atoms with van der Waals surface area (Å²) in [6, 6.07) is 33.3. The number of para-hydroxylation sites is 3. The van der Waals surface area contributed by atoms with Gasteiger partial charge in [0, 0.05) is 17.1 Å². The third-order valence-corrected chi connectivity index (χ3v) is 9.20. The van der Waals surface area contributed by atoms with Crippen LogP contribution in [0.2, 0.25) is 0 Å². The van der Waals surface area contributed by atoms with E-state index in [1.165, 1.54) is 36.3 Å². The molecule has 4 aliphatic heterocycles. The second-order valence-electron chi connectivity index (χ2n) is 11.6. The fraction of sp³-hybridized carbons (Fsp3) is 0.455. The quantitative estimate of drug-likeness (QED) is 0.404. The summed E-state index contributed by atoms with van der Waals surface area (Å²) in [5.41, 5.74) is 3.92. The van der Waals surface area contributed by atoms with Crippen molar-refractivity contribution in [3.63, 3.8) is 0 Å². The number of hydrogen-bond acceptors (Lipinski definition) is 6. The number of fused-ring (bicyclic) bond motifs is 6. The Morgan fingerprint density at radius 2 is 0.590 bits per heavy atom. The molecule has 3 aromatic rings. The van der Waals surface area contributed by atoms with Gasteiger partial charge in [-0.25, -0.2) is 0 Å². The number of nitrogens with zero attached hydrogens (tertiary/aromatic N) is 3. The second kappa shape index (κ2) is 11.2. The Labute approximate surface area is 233 Å². The molecule has 39 heavy (non-hydrogen) atoms. The van der Waals surface area contributed by atoms with Crippen LogP contribution >= 0.6 is 0 Å². The summed E-state index contributed by atoms with van der Waals surface area (Å²) in [4.78, 5) is 8.03. The molecule has 6 atom stereocenters. The van der Waals surface area contributed by atoms with Gasteiger partial charge in [0.1, 0.15) is 0 Å². The van der Waals surface area contributed by atoms with E-state index in [-0.39, 0.29) is 37.0 Å². The zero-order valence-electron chi connectivity index (χ0n) is 22.8. The number of piperidine rings is 3. The molecular formula is C33H42N6. The van der Waals surface area contributed by atoms with Crippen LogP contribution in [0.4, 0.5) is 17.1 Å². The van der Waals surface area contributed by atoms with E-state index in [1.54, 1.807) is 0 Å². The molecule has 0 amide bonds. The Morgan fingerprint density at radius 3 is 0.821 bits per heavy atom. The molecule has 0 aromatic heterocycles. The van der Waals surface area contributed by atoms with Crippen molar-refractivity contribution in [2.24, 2.45) is 0 Å². The average Bonchev–Trinajstić information content (AvgIpc) is 3.00. The van der Waals surface area contributed by atoms with E-state index in [0.717, 1.165) is 38.5 Å². The van der Waals surface area contributed by atoms with Crippen molar-refractivity contribution in [2.75, 3.05) is 14.7 Å². The summed E-state index contributed by atoms with van der Waals surface area (Å²) in [5.74, 6) is 0. The molecule has 7 rings (SSSR count). The van der Waals surface area contributed by atoms with E-state index in [4.69, 9.17) is 0 Å². The van der Waals surface area contributed by atoms with Gasteiger partial charge in [0.05, 0.1) is 37.0 Å². The molecule has 204 valence electrons. The van der Waals surface area contributed by atoms with Crippen molar-refractivity contribution < 1.29 is 0 Å². The number of hydrogen-bond donors (Lipinski definition) is 3. The van der Waals surface area contributed by atoms with Crippen LogP contribution in [0.5, 0.6) is 0 Å². The molecule has 4 fully saturated rings. The van der Waals surface area contributed by atoms with Crippen LogP contribution in [0.1, 0.15) is 57.8 Å². The molecule has 0 radical (unpaired) electrons. The number of benzene rings is 3. The maximum absolute atomic E-state index is 4.18. The Balaban J connectivity index is 1.35. The summed E-state index contributed by atoms with van der Waals surface area (Å²) in [6.07, 6.45) is 12.2. The molecule has 0 saturated carbocycles. The molecule has 4 aliphatic rings. The maximum atomic E-state index is 4.18. The van der Waals surface area contributed by atoms with E-state index in [1.807, 2.05) is 0 Å². The summed E-state index contributed by atoms with van der Waals surface area (Å²) in [7, 11) is 0. The number of nitrogens with one attached hydrogen (secondary N) is 3. The van der Waals surface area contributed by atoms with Crippen LogP contribution in [0.25, 0.3) is 0 Å². The number of anilines is 3. The van der Waals surface area contributed by atoms with Crippen molar-refractivity contribution in [3.05, 3.63) is 91.0 Å². The van der Waals surface area contributed by atoms with Crippen LogP contribution in [-0.4, -0.2) is 37.0 Å². The van der Waals surface area contributed by atoms with Gasteiger partial charge in [-0.05, 0) is 94.2 Å². The van der Waals surface area contributed by atoms with Crippen LogP contribution in [0.3, 0.4) is 0 Å². The fourth-order valence-corrected chi connectivity index (χ4v) is 7.53. The van der Waals surface area contributed by atoms with E-state index < -0.39 is 0 Å². The predicted molar refractivity (Wildman–Crippen MR) is 160 cm³/mol. The van der Waals surface area contributed by atoms with Gasteiger partial charge in [-0.1, -0.05) is 54.6 Å². The van der Waals surface area contributed by atoms with Gasteiger partial charge < -0.3 is 14.7 Å². The SMILES string of the molecule is c1ccc(N2C3CCCC(N3)N(c3ccccc3)C3CCCC(N3)N(c3ccccc3)C3CCCC2N3)cc1. The minimum Gasteiger partial charge on any atom is -0.340 e. The maximum Gasteiger partial charge on any atom is 0.0827 e. The largest absolute Gasteiger partial charge is 0.340 e. The van der Waals surface area contributed by atoms with Gasteiger partial charge >= 0.3 is 0 Å². The Hall–Kier alpha value is -3.06. The molecule has 0 spiro atoms. The molecule has 4 saturated heterocycles. The van der Waals surface area contributed by atoms with Crippen LogP contribution < -0.4 is 30.7 Å². The topological polar surface area (TPSA) is 45.8 Å². The first kappa shape index (κ1) is 24.9. The lowest BCUT2D eigenvalue weighted by atomic mass is 9.96. The van der Waals surface area contributed by atoms with Gasteiger partial charge in [-0.15, -0.1) is 0 Å². The summed E-state index contributed by atoms with van der Waals surface area (Å²) in [5, 5.41) is 12.5. The minimum atomic E-state index is 0.276. The van der Waals surface area contributed by atoms with Crippen molar-refractivity contribution in [2.45, 2.75) is 94.8 Å². The van der Waals surface area contributed by atoms with E-state index in [9.17, 15) is 0 Å². The smallest absolute Gasteiger partial charge is 0.0827 e. The average molecular weight is 523 g/mol. The van der Waals surface area contributed by atoms with E-state index >= 15 is 0 Å². The molecule has 6 bridgehead atoms. The van der Waals surface area contributed by atoms with Crippen molar-refractivity contribution in [1.82, 2.24) is 16.0 Å². The summed E-state index contributed by atoms with van der Waals surface area (Å²) in [6.45, 7) is 0. The first-order chi connectivity index (χ1) is 19.3. The van der Waals surface area contributed by atoms with Crippen LogP contribution in [0, 0.1) is 0 Å². The van der Waals surface area contributed by atoms with Crippen LogP contribution in [0.15, 0.2) is 91.0 Å². The normalized spacial score (nSPS) is 31.2. The van der Waals surface area contributed by atoms with E-state index in [2.05, 4.69) is 122 Å².